The maximum absolute atomic E-state index is 12.7. The summed E-state index contributed by atoms with van der Waals surface area (Å²) in [6.07, 6.45) is 5.31. The molecule has 1 heterocycles. The zero-order valence-electron chi connectivity index (χ0n) is 15.2. The van der Waals surface area contributed by atoms with E-state index < -0.39 is 0 Å². The minimum atomic E-state index is -0.128. The van der Waals surface area contributed by atoms with E-state index in [1.54, 1.807) is 13.2 Å². The molecule has 0 bridgehead atoms. The third-order valence-corrected chi connectivity index (χ3v) is 4.51. The number of ether oxygens (including phenoxy) is 1. The number of anilines is 1. The topological polar surface area (TPSA) is 76.1 Å². The third-order valence-electron chi connectivity index (χ3n) is 4.51. The minimum Gasteiger partial charge on any atom is -0.385 e. The van der Waals surface area contributed by atoms with Crippen molar-refractivity contribution in [3.8, 4) is 11.4 Å². The summed E-state index contributed by atoms with van der Waals surface area (Å²) in [5.41, 5.74) is 1.29. The predicted molar refractivity (Wildman–Crippen MR) is 102 cm³/mol. The van der Waals surface area contributed by atoms with E-state index in [1.807, 2.05) is 30.3 Å². The lowest BCUT2D eigenvalue weighted by Gasteiger charge is -2.13. The highest BCUT2D eigenvalue weighted by Crippen LogP contribution is 2.20. The van der Waals surface area contributed by atoms with E-state index in [2.05, 4.69) is 20.6 Å². The minimum absolute atomic E-state index is 0.128. The summed E-state index contributed by atoms with van der Waals surface area (Å²) in [6.45, 7) is 1.40. The Labute approximate surface area is 154 Å². The lowest BCUT2D eigenvalue weighted by molar-refractivity contribution is 0.0933. The van der Waals surface area contributed by atoms with Gasteiger partial charge in [-0.05, 0) is 19.3 Å². The van der Waals surface area contributed by atoms with Crippen molar-refractivity contribution in [3.05, 3.63) is 42.1 Å². The van der Waals surface area contributed by atoms with Gasteiger partial charge in [0.1, 0.15) is 11.5 Å². The summed E-state index contributed by atoms with van der Waals surface area (Å²) in [5, 5.41) is 6.37. The van der Waals surface area contributed by atoms with Crippen molar-refractivity contribution in [2.75, 3.05) is 25.6 Å². The Morgan fingerprint density at radius 2 is 1.96 bits per heavy atom. The average molecular weight is 354 g/mol. The predicted octanol–water partition coefficient (Wildman–Crippen LogP) is 3.26. The number of nitrogens with one attached hydrogen (secondary N) is 2. The zero-order valence-corrected chi connectivity index (χ0v) is 15.2. The van der Waals surface area contributed by atoms with E-state index in [0.29, 0.717) is 23.9 Å². The quantitative estimate of drug-likeness (QED) is 0.712. The number of nitrogens with zero attached hydrogens (tertiary/aromatic N) is 2. The molecule has 0 spiro atoms. The summed E-state index contributed by atoms with van der Waals surface area (Å²) in [6, 6.07) is 11.7. The molecule has 1 amide bonds. The van der Waals surface area contributed by atoms with E-state index in [9.17, 15) is 4.79 Å². The molecule has 0 aliphatic heterocycles. The molecular weight excluding hydrogens is 328 g/mol. The molecule has 2 N–H and O–H groups in total. The van der Waals surface area contributed by atoms with Gasteiger partial charge in [-0.3, -0.25) is 4.79 Å². The summed E-state index contributed by atoms with van der Waals surface area (Å²) in [7, 11) is 1.68. The molecule has 6 nitrogen and oxygen atoms in total. The molecule has 1 saturated carbocycles. The van der Waals surface area contributed by atoms with Crippen LogP contribution in [0.5, 0.6) is 0 Å². The number of aromatic nitrogens is 2. The van der Waals surface area contributed by atoms with Gasteiger partial charge < -0.3 is 15.4 Å². The van der Waals surface area contributed by atoms with Crippen molar-refractivity contribution in [2.24, 2.45) is 0 Å². The number of hydrogen-bond acceptors (Lipinski definition) is 5. The zero-order chi connectivity index (χ0) is 18.2. The first kappa shape index (κ1) is 18.3. The van der Waals surface area contributed by atoms with E-state index in [-0.39, 0.29) is 11.9 Å². The molecule has 26 heavy (non-hydrogen) atoms. The second-order valence-corrected chi connectivity index (χ2v) is 6.56. The summed E-state index contributed by atoms with van der Waals surface area (Å²) < 4.78 is 5.07. The molecule has 0 saturated heterocycles. The summed E-state index contributed by atoms with van der Waals surface area (Å²) in [5.74, 6) is 1.09. The highest BCUT2D eigenvalue weighted by Gasteiger charge is 2.20. The van der Waals surface area contributed by atoms with E-state index in [0.717, 1.165) is 31.4 Å². The second kappa shape index (κ2) is 9.29. The van der Waals surface area contributed by atoms with Crippen LogP contribution in [-0.4, -0.2) is 42.2 Å². The van der Waals surface area contributed by atoms with Gasteiger partial charge >= 0.3 is 0 Å². The molecule has 138 valence electrons. The lowest BCUT2D eigenvalue weighted by Crippen LogP contribution is -2.33. The number of amides is 1. The molecule has 1 fully saturated rings. The molecule has 0 radical (unpaired) electrons. The summed E-state index contributed by atoms with van der Waals surface area (Å²) >= 11 is 0. The maximum atomic E-state index is 12.7. The van der Waals surface area contributed by atoms with Gasteiger partial charge in [-0.1, -0.05) is 43.2 Å². The van der Waals surface area contributed by atoms with Crippen LogP contribution in [0.4, 0.5) is 5.82 Å². The SMILES string of the molecule is COCCCNc1cc(C(=O)NC2CCCC2)nc(-c2ccccc2)n1. The molecular formula is C20H26N4O2. The highest BCUT2D eigenvalue weighted by molar-refractivity contribution is 5.93. The summed E-state index contributed by atoms with van der Waals surface area (Å²) in [4.78, 5) is 21.7. The van der Waals surface area contributed by atoms with Crippen LogP contribution in [0.15, 0.2) is 36.4 Å². The fourth-order valence-corrected chi connectivity index (χ4v) is 3.13. The Morgan fingerprint density at radius 3 is 2.69 bits per heavy atom. The first-order chi connectivity index (χ1) is 12.8. The Hall–Kier alpha value is -2.47. The molecule has 1 aromatic carbocycles. The van der Waals surface area contributed by atoms with Crippen LogP contribution in [0.25, 0.3) is 11.4 Å². The smallest absolute Gasteiger partial charge is 0.270 e. The monoisotopic (exact) mass is 354 g/mol. The van der Waals surface area contributed by atoms with Crippen molar-refractivity contribution < 1.29 is 9.53 Å². The van der Waals surface area contributed by atoms with Crippen LogP contribution in [0.1, 0.15) is 42.6 Å². The van der Waals surface area contributed by atoms with Crippen molar-refractivity contribution in [1.82, 2.24) is 15.3 Å². The van der Waals surface area contributed by atoms with E-state index in [1.165, 1.54) is 12.8 Å². The first-order valence-corrected chi connectivity index (χ1v) is 9.24. The molecule has 3 rings (SSSR count). The number of methoxy groups -OCH3 is 1. The molecule has 1 aliphatic carbocycles. The lowest BCUT2D eigenvalue weighted by atomic mass is 10.2. The van der Waals surface area contributed by atoms with Crippen molar-refractivity contribution in [1.29, 1.82) is 0 Å². The highest BCUT2D eigenvalue weighted by atomic mass is 16.5. The van der Waals surface area contributed by atoms with Gasteiger partial charge in [0.25, 0.3) is 5.91 Å². The molecule has 1 aromatic heterocycles. The number of rotatable bonds is 8. The average Bonchev–Trinajstić information content (AvgIpc) is 3.19. The van der Waals surface area contributed by atoms with Gasteiger partial charge in [-0.2, -0.15) is 0 Å². The fourth-order valence-electron chi connectivity index (χ4n) is 3.13. The van der Waals surface area contributed by atoms with Crippen LogP contribution in [0.2, 0.25) is 0 Å². The van der Waals surface area contributed by atoms with Gasteiger partial charge in [0, 0.05) is 37.9 Å². The molecule has 0 atom stereocenters. The van der Waals surface area contributed by atoms with Gasteiger partial charge in [0.2, 0.25) is 0 Å². The standard InChI is InChI=1S/C20H26N4O2/c1-26-13-7-12-21-18-14-17(20(25)22-16-10-5-6-11-16)23-19(24-18)15-8-3-2-4-9-15/h2-4,8-9,14,16H,5-7,10-13H2,1H3,(H,22,25)(H,21,23,24). The maximum Gasteiger partial charge on any atom is 0.270 e. The van der Waals surface area contributed by atoms with Crippen LogP contribution in [0.3, 0.4) is 0 Å². The van der Waals surface area contributed by atoms with Crippen molar-refractivity contribution >= 4 is 11.7 Å². The molecule has 1 aliphatic rings. The van der Waals surface area contributed by atoms with Gasteiger partial charge in [0.15, 0.2) is 5.82 Å². The van der Waals surface area contributed by atoms with Crippen molar-refractivity contribution in [2.45, 2.75) is 38.1 Å². The first-order valence-electron chi connectivity index (χ1n) is 9.24. The number of carbonyl (C=O) groups is 1. The van der Waals surface area contributed by atoms with Gasteiger partial charge in [-0.15, -0.1) is 0 Å². The molecule has 2 aromatic rings. The van der Waals surface area contributed by atoms with Crippen LogP contribution in [0, 0.1) is 0 Å². The second-order valence-electron chi connectivity index (χ2n) is 6.56. The largest absolute Gasteiger partial charge is 0.385 e. The Morgan fingerprint density at radius 1 is 1.19 bits per heavy atom. The van der Waals surface area contributed by atoms with E-state index in [4.69, 9.17) is 4.74 Å². The van der Waals surface area contributed by atoms with Crippen LogP contribution < -0.4 is 10.6 Å². The molecule has 6 heteroatoms. The Bertz CT molecular complexity index is 715. The van der Waals surface area contributed by atoms with Crippen LogP contribution in [-0.2, 0) is 4.74 Å². The number of benzene rings is 1. The van der Waals surface area contributed by atoms with Gasteiger partial charge in [0.05, 0.1) is 0 Å². The van der Waals surface area contributed by atoms with Crippen LogP contribution >= 0.6 is 0 Å². The van der Waals surface area contributed by atoms with E-state index >= 15 is 0 Å². The normalized spacial score (nSPS) is 14.3. The number of hydrogen-bond donors (Lipinski definition) is 2. The van der Waals surface area contributed by atoms with Crippen molar-refractivity contribution in [3.63, 3.8) is 0 Å². The molecule has 0 unspecified atom stereocenters. The Kier molecular flexibility index (Phi) is 6.55. The number of carbonyl (C=O) groups excluding carboxylic acids is 1. The third kappa shape index (κ3) is 5.02. The van der Waals surface area contributed by atoms with Gasteiger partial charge in [-0.25, -0.2) is 9.97 Å². The fraction of sp³-hybridized carbons (Fsp3) is 0.450. The Balaban J connectivity index is 1.80.